The maximum atomic E-state index is 12.1. The molecule has 8 heterocycles. The SMILES string of the molecule is CCOC(=O)N1CCC(=C2c3ccc(Cl)cc3C([N+](=O)[O-])=Cc3cccnc32)CC1.CCOC(=O)N1CCC(=C2c3ccc(Cl)cc3C=Cc3cc([N+](=O)[O-])cnc32)CC1.CCOC(=O)N1CCC(=C2c3ccc(Cl)cc3C=Cc3cccnc32)CC1.Clc1ccc2c(c1)C=Cc1cc(Br)cnc1C2=C1CCNCC1. The number of benzene rings is 4. The van der Waals surface area contributed by atoms with Gasteiger partial charge < -0.3 is 34.2 Å². The van der Waals surface area contributed by atoms with Gasteiger partial charge in [0.25, 0.3) is 11.4 Å². The number of piperidine rings is 4. The zero-order chi connectivity index (χ0) is 77.1. The van der Waals surface area contributed by atoms with Crippen LogP contribution in [0.5, 0.6) is 0 Å². The number of fused-ring (bicyclic) bond motifs is 8. The van der Waals surface area contributed by atoms with E-state index in [1.54, 1.807) is 65.1 Å². The van der Waals surface area contributed by atoms with Crippen molar-refractivity contribution >= 4 is 157 Å². The van der Waals surface area contributed by atoms with E-state index in [0.717, 1.165) is 131 Å². The highest BCUT2D eigenvalue weighted by Gasteiger charge is 2.33. The quantitative estimate of drug-likeness (QED) is 0.0957. The molecule has 3 amide bonds. The Morgan fingerprint density at radius 2 is 0.791 bits per heavy atom. The lowest BCUT2D eigenvalue weighted by Crippen LogP contribution is -2.37. The fourth-order valence-electron chi connectivity index (χ4n) is 15.0. The van der Waals surface area contributed by atoms with E-state index in [1.165, 1.54) is 34.1 Å². The molecule has 0 bridgehead atoms. The monoisotopic (exact) mass is 1620 g/mol. The zero-order valence-corrected chi connectivity index (χ0v) is 65.3. The first-order valence-electron chi connectivity index (χ1n) is 36.5. The van der Waals surface area contributed by atoms with E-state index in [2.05, 4.69) is 79.8 Å². The second kappa shape index (κ2) is 35.5. The number of halogens is 5. The van der Waals surface area contributed by atoms with Crippen LogP contribution in [0.1, 0.15) is 162 Å². The highest BCUT2D eigenvalue weighted by Crippen LogP contribution is 2.45. The largest absolute Gasteiger partial charge is 0.450 e. The molecule has 4 aromatic carbocycles. The lowest BCUT2D eigenvalue weighted by atomic mass is 9.88. The summed E-state index contributed by atoms with van der Waals surface area (Å²) in [6, 6.07) is 34.3. The van der Waals surface area contributed by atoms with E-state index in [-0.39, 0.29) is 34.6 Å². The van der Waals surface area contributed by atoms with Crippen molar-refractivity contribution in [2.75, 3.05) is 72.2 Å². The summed E-state index contributed by atoms with van der Waals surface area (Å²) in [7, 11) is 0. The predicted octanol–water partition coefficient (Wildman–Crippen LogP) is 20.5. The molecular formula is C85H77BrCl4N10O10. The minimum absolute atomic E-state index is 0.0127. The normalized spacial score (nSPS) is 15.9. The Kier molecular flexibility index (Phi) is 25.1. The first kappa shape index (κ1) is 77.8. The molecule has 4 saturated heterocycles. The number of carbonyl (C=O) groups excluding carboxylic acids is 3. The van der Waals surface area contributed by atoms with Gasteiger partial charge in [0, 0.05) is 139 Å². The topological polar surface area (TPSA) is 238 Å². The molecule has 0 atom stereocenters. The number of carbonyl (C=O) groups is 3. The van der Waals surface area contributed by atoms with E-state index < -0.39 is 4.92 Å². The summed E-state index contributed by atoms with van der Waals surface area (Å²) in [4.78, 5) is 82.1. The molecule has 16 rings (SSSR count). The van der Waals surface area contributed by atoms with Gasteiger partial charge in [-0.05, 0) is 207 Å². The lowest BCUT2D eigenvalue weighted by molar-refractivity contribution is -0.385. The smallest absolute Gasteiger partial charge is 0.409 e. The number of ether oxygens (including phenoxy) is 3. The number of pyridine rings is 4. The summed E-state index contributed by atoms with van der Waals surface area (Å²) in [5.41, 5.74) is 24.1. The van der Waals surface area contributed by atoms with Crippen LogP contribution in [0.4, 0.5) is 20.1 Å². The fraction of sp³-hybridized carbons (Fsp3) is 0.259. The molecule has 110 heavy (non-hydrogen) atoms. The third kappa shape index (κ3) is 17.6. The minimum Gasteiger partial charge on any atom is -0.450 e. The summed E-state index contributed by atoms with van der Waals surface area (Å²) in [6.07, 6.45) is 26.0. The average Bonchev–Trinajstić information content (AvgIpc) is 1.57. The lowest BCUT2D eigenvalue weighted by Gasteiger charge is -2.29. The van der Waals surface area contributed by atoms with Crippen molar-refractivity contribution in [3.8, 4) is 0 Å². The summed E-state index contributed by atoms with van der Waals surface area (Å²) >= 11 is 28.4. The number of nitro groups is 2. The summed E-state index contributed by atoms with van der Waals surface area (Å²) in [6.45, 7) is 12.0. The number of aromatic nitrogens is 4. The minimum atomic E-state index is -0.444. The number of hydrogen-bond donors (Lipinski definition) is 1. The number of hydrogen-bond acceptors (Lipinski definition) is 15. The van der Waals surface area contributed by atoms with Crippen LogP contribution in [0.3, 0.4) is 0 Å². The molecule has 0 unspecified atom stereocenters. The number of nitrogens with zero attached hydrogens (tertiary/aromatic N) is 9. The highest BCUT2D eigenvalue weighted by atomic mass is 79.9. The Hall–Kier alpha value is -10.4. The molecule has 8 aromatic rings. The molecule has 4 aliphatic heterocycles. The van der Waals surface area contributed by atoms with Gasteiger partial charge in [0.1, 0.15) is 6.20 Å². The van der Waals surface area contributed by atoms with E-state index >= 15 is 0 Å². The molecule has 20 nitrogen and oxygen atoms in total. The van der Waals surface area contributed by atoms with Gasteiger partial charge in [-0.1, -0.05) is 142 Å². The number of likely N-dealkylation sites (tertiary alicyclic amines) is 3. The van der Waals surface area contributed by atoms with Gasteiger partial charge in [0.15, 0.2) is 0 Å². The van der Waals surface area contributed by atoms with Crippen LogP contribution in [0.15, 0.2) is 161 Å². The molecule has 0 radical (unpaired) electrons. The van der Waals surface area contributed by atoms with Crippen LogP contribution in [0.2, 0.25) is 20.1 Å². The van der Waals surface area contributed by atoms with Crippen molar-refractivity contribution in [2.45, 2.75) is 72.1 Å². The molecule has 4 aromatic heterocycles. The second-order valence-corrected chi connectivity index (χ2v) is 29.4. The van der Waals surface area contributed by atoms with Gasteiger partial charge in [-0.15, -0.1) is 0 Å². The van der Waals surface area contributed by atoms with Crippen molar-refractivity contribution in [2.24, 2.45) is 0 Å². The number of rotatable bonds is 5. The predicted molar refractivity (Wildman–Crippen MR) is 438 cm³/mol. The molecule has 0 spiro atoms. The van der Waals surface area contributed by atoms with Crippen molar-refractivity contribution in [1.82, 2.24) is 40.0 Å². The van der Waals surface area contributed by atoms with Crippen LogP contribution in [0.25, 0.3) is 70.5 Å². The molecule has 4 fully saturated rings. The summed E-state index contributed by atoms with van der Waals surface area (Å²) in [5, 5.41) is 29.1. The maximum Gasteiger partial charge on any atom is 0.409 e. The third-order valence-corrected chi connectivity index (χ3v) is 21.5. The molecule has 562 valence electrons. The van der Waals surface area contributed by atoms with Crippen LogP contribution in [-0.2, 0) is 14.2 Å². The Morgan fingerprint density at radius 3 is 1.23 bits per heavy atom. The molecule has 25 heteroatoms. The number of amides is 3. The van der Waals surface area contributed by atoms with Crippen LogP contribution in [0, 0.1) is 20.2 Å². The van der Waals surface area contributed by atoms with E-state index in [0.29, 0.717) is 123 Å². The fourth-order valence-corrected chi connectivity index (χ4v) is 16.0. The molecule has 8 aliphatic rings. The standard InChI is InChI=1S/2C22H20ClN3O4.C22H21ClN2O2.C19H16BrClN2/c1-2-30-22(27)25-9-7-14(8-10-25)20-19-6-5-17(23)11-15(19)3-4-16-12-18(26(28)29)13-24-21(16)20;1-2-30-22(27)25-10-7-14(8-11-25)20-17-6-5-16(23)13-18(17)19(26(28)29)12-15-4-3-9-24-21(15)20;1-2-27-22(26)25-12-9-15(10-13-25)20-19-8-7-18(23)14-17(19)6-5-16-4-3-11-24-21(16)20;20-15-9-14-2-1-13-10-16(21)3-4-17(13)18(19(14)23-11-15)12-5-7-22-8-6-12/h3-6,11-13H,2,7-10H2,1H3;3-6,9,12-13H,2,7-8,10-11H2,1H3;3-8,11,14H,2,9-10,12-13H2,1H3;1-4,9-11,22H,5-8H2. The average molecular weight is 1620 g/mol. The Labute approximate surface area is 665 Å². The van der Waals surface area contributed by atoms with Crippen molar-refractivity contribution in [3.63, 3.8) is 0 Å². The van der Waals surface area contributed by atoms with Gasteiger partial charge in [0.2, 0.25) is 0 Å². The Morgan fingerprint density at radius 1 is 0.427 bits per heavy atom. The van der Waals surface area contributed by atoms with Crippen molar-refractivity contribution < 1.29 is 38.4 Å². The zero-order valence-electron chi connectivity index (χ0n) is 60.7. The number of nitrogens with one attached hydrogen (secondary N) is 1. The first-order chi connectivity index (χ1) is 53.4. The van der Waals surface area contributed by atoms with Gasteiger partial charge in [-0.3, -0.25) is 35.2 Å². The van der Waals surface area contributed by atoms with Crippen LogP contribution >= 0.6 is 62.3 Å². The highest BCUT2D eigenvalue weighted by molar-refractivity contribution is 9.10. The van der Waals surface area contributed by atoms with E-state index in [4.69, 9.17) is 70.6 Å². The van der Waals surface area contributed by atoms with Crippen LogP contribution < -0.4 is 5.32 Å². The maximum absolute atomic E-state index is 12.1. The second-order valence-electron chi connectivity index (χ2n) is 26.8. The first-order valence-corrected chi connectivity index (χ1v) is 38.8. The Bertz CT molecular complexity index is 5170. The van der Waals surface area contributed by atoms with Gasteiger partial charge in [-0.25, -0.2) is 19.4 Å². The van der Waals surface area contributed by atoms with E-state index in [9.17, 15) is 34.6 Å². The molecular weight excluding hydrogens is 1540 g/mol. The third-order valence-electron chi connectivity index (χ3n) is 20.1. The van der Waals surface area contributed by atoms with Gasteiger partial charge in [0.05, 0.1) is 58.0 Å². The molecule has 0 saturated carbocycles. The summed E-state index contributed by atoms with van der Waals surface area (Å²) in [5.74, 6) is 0. The van der Waals surface area contributed by atoms with Gasteiger partial charge in [-0.2, -0.15) is 0 Å². The molecule has 1 N–H and O–H groups in total. The van der Waals surface area contributed by atoms with Gasteiger partial charge >= 0.3 is 18.3 Å². The van der Waals surface area contributed by atoms with E-state index in [1.807, 2.05) is 92.1 Å². The summed E-state index contributed by atoms with van der Waals surface area (Å²) < 4.78 is 16.4. The van der Waals surface area contributed by atoms with Crippen molar-refractivity contribution in [3.05, 3.63) is 291 Å². The molecule has 4 aliphatic carbocycles. The van der Waals surface area contributed by atoms with Crippen LogP contribution in [-0.4, -0.2) is 135 Å². The Balaban J connectivity index is 0.000000129. The van der Waals surface area contributed by atoms with Crippen molar-refractivity contribution in [1.29, 1.82) is 0 Å².